The molecule has 0 saturated heterocycles. The number of amides is 1. The number of hydrogen-bond donors (Lipinski definition) is 1. The third kappa shape index (κ3) is 2.90. The predicted octanol–water partition coefficient (Wildman–Crippen LogP) is 2.13. The highest BCUT2D eigenvalue weighted by molar-refractivity contribution is 5.94. The third-order valence-electron chi connectivity index (χ3n) is 3.66. The molecule has 0 atom stereocenters. The average Bonchev–Trinajstić information content (AvgIpc) is 2.58. The lowest BCUT2D eigenvalue weighted by atomic mass is 10.1. The molecule has 3 rings (SSSR count). The summed E-state index contributed by atoms with van der Waals surface area (Å²) in [5.74, 6) is -0.139. The minimum Gasteiger partial charge on any atom is -0.350 e. The Morgan fingerprint density at radius 1 is 1.17 bits per heavy atom. The van der Waals surface area contributed by atoms with Gasteiger partial charge in [0.2, 0.25) is 0 Å². The first-order valence-electron chi connectivity index (χ1n) is 7.70. The van der Waals surface area contributed by atoms with Crippen LogP contribution in [-0.2, 0) is 7.05 Å². The number of nitrogens with zero attached hydrogens (tertiary/aromatic N) is 3. The van der Waals surface area contributed by atoms with Crippen LogP contribution in [0.15, 0.2) is 47.4 Å². The summed E-state index contributed by atoms with van der Waals surface area (Å²) in [7, 11) is 1.67. The Balaban J connectivity index is 2.04. The molecule has 0 unspecified atom stereocenters. The molecule has 0 saturated carbocycles. The summed E-state index contributed by atoms with van der Waals surface area (Å²) in [6.07, 6.45) is 1.63. The van der Waals surface area contributed by atoms with Crippen molar-refractivity contribution < 1.29 is 4.79 Å². The van der Waals surface area contributed by atoms with Crippen molar-refractivity contribution in [2.75, 3.05) is 0 Å². The van der Waals surface area contributed by atoms with Gasteiger partial charge in [-0.15, -0.1) is 0 Å². The number of pyridine rings is 1. The largest absolute Gasteiger partial charge is 0.350 e. The maximum Gasteiger partial charge on any atom is 0.278 e. The fourth-order valence-electron chi connectivity index (χ4n) is 2.47. The van der Waals surface area contributed by atoms with Crippen molar-refractivity contribution in [2.24, 2.45) is 7.05 Å². The van der Waals surface area contributed by atoms with Crippen LogP contribution < -0.4 is 10.9 Å². The second kappa shape index (κ2) is 6.23. The molecule has 0 spiro atoms. The first-order chi connectivity index (χ1) is 11.5. The second-order valence-corrected chi connectivity index (χ2v) is 5.88. The van der Waals surface area contributed by atoms with Gasteiger partial charge in [-0.2, -0.15) is 0 Å². The van der Waals surface area contributed by atoms with Crippen molar-refractivity contribution in [3.63, 3.8) is 0 Å². The zero-order chi connectivity index (χ0) is 17.3. The van der Waals surface area contributed by atoms with Crippen LogP contribution in [0.2, 0.25) is 0 Å². The number of aryl methyl sites for hydroxylation is 1. The molecule has 24 heavy (non-hydrogen) atoms. The van der Waals surface area contributed by atoms with Crippen molar-refractivity contribution in [2.45, 2.75) is 19.9 Å². The van der Waals surface area contributed by atoms with Crippen LogP contribution >= 0.6 is 0 Å². The van der Waals surface area contributed by atoms with E-state index in [0.717, 1.165) is 0 Å². The van der Waals surface area contributed by atoms with Crippen LogP contribution in [0.5, 0.6) is 0 Å². The minimum absolute atomic E-state index is 0.0686. The van der Waals surface area contributed by atoms with Crippen molar-refractivity contribution in [3.8, 4) is 11.3 Å². The molecule has 3 aromatic rings. The summed E-state index contributed by atoms with van der Waals surface area (Å²) in [4.78, 5) is 33.1. The van der Waals surface area contributed by atoms with Gasteiger partial charge in [-0.25, -0.2) is 9.97 Å². The van der Waals surface area contributed by atoms with E-state index in [1.165, 1.54) is 4.57 Å². The van der Waals surface area contributed by atoms with Gasteiger partial charge in [0.1, 0.15) is 11.2 Å². The van der Waals surface area contributed by atoms with Gasteiger partial charge in [0.05, 0.1) is 0 Å². The Morgan fingerprint density at radius 2 is 1.88 bits per heavy atom. The fourth-order valence-corrected chi connectivity index (χ4v) is 2.47. The summed E-state index contributed by atoms with van der Waals surface area (Å²) in [5, 5.41) is 2.83. The highest BCUT2D eigenvalue weighted by Crippen LogP contribution is 2.17. The van der Waals surface area contributed by atoms with Crippen LogP contribution in [-0.4, -0.2) is 26.5 Å². The van der Waals surface area contributed by atoms with Crippen LogP contribution in [0.25, 0.3) is 22.4 Å². The molecule has 0 aliphatic heterocycles. The van der Waals surface area contributed by atoms with E-state index in [0.29, 0.717) is 28.0 Å². The highest BCUT2D eigenvalue weighted by atomic mass is 16.1. The van der Waals surface area contributed by atoms with Gasteiger partial charge in [0.15, 0.2) is 5.65 Å². The molecule has 0 radical (unpaired) electrons. The van der Waals surface area contributed by atoms with Crippen LogP contribution in [0.4, 0.5) is 0 Å². The SMILES string of the molecule is CC(C)NC(=O)c1ccc(-c2nc3cccnc3n(C)c2=O)cc1. The summed E-state index contributed by atoms with van der Waals surface area (Å²) >= 11 is 0. The van der Waals surface area contributed by atoms with Gasteiger partial charge >= 0.3 is 0 Å². The topological polar surface area (TPSA) is 76.9 Å². The number of rotatable bonds is 3. The number of carbonyl (C=O) groups excluding carboxylic acids is 1. The quantitative estimate of drug-likeness (QED) is 0.801. The Morgan fingerprint density at radius 3 is 2.54 bits per heavy atom. The summed E-state index contributed by atoms with van der Waals surface area (Å²) in [6, 6.07) is 10.5. The molecule has 1 aromatic carbocycles. The molecule has 2 heterocycles. The average molecular weight is 322 g/mol. The number of aromatic nitrogens is 3. The maximum atomic E-state index is 12.5. The molecule has 0 fully saturated rings. The number of carbonyl (C=O) groups is 1. The van der Waals surface area contributed by atoms with E-state index in [1.54, 1.807) is 43.6 Å². The Kier molecular flexibility index (Phi) is 4.12. The first kappa shape index (κ1) is 15.9. The molecular weight excluding hydrogens is 304 g/mol. The Labute approximate surface area is 139 Å². The lowest BCUT2D eigenvalue weighted by molar-refractivity contribution is 0.0943. The van der Waals surface area contributed by atoms with E-state index >= 15 is 0 Å². The molecule has 0 aliphatic rings. The normalized spacial score (nSPS) is 11.0. The molecule has 1 amide bonds. The van der Waals surface area contributed by atoms with Gasteiger partial charge in [-0.05, 0) is 38.1 Å². The Hall–Kier alpha value is -3.02. The lowest BCUT2D eigenvalue weighted by Crippen LogP contribution is -2.30. The predicted molar refractivity (Wildman–Crippen MR) is 92.8 cm³/mol. The Bertz CT molecular complexity index is 959. The van der Waals surface area contributed by atoms with Gasteiger partial charge in [0, 0.05) is 30.4 Å². The van der Waals surface area contributed by atoms with Crippen molar-refractivity contribution >= 4 is 17.1 Å². The first-order valence-corrected chi connectivity index (χ1v) is 7.70. The molecule has 6 nitrogen and oxygen atoms in total. The standard InChI is InChI=1S/C18H18N4O2/c1-11(2)20-17(23)13-8-6-12(7-9-13)15-18(24)22(3)16-14(21-15)5-4-10-19-16/h4-11H,1-3H3,(H,20,23). The number of nitrogens with one attached hydrogen (secondary N) is 1. The lowest BCUT2D eigenvalue weighted by Gasteiger charge is -2.09. The van der Waals surface area contributed by atoms with E-state index in [1.807, 2.05) is 19.9 Å². The molecule has 2 aromatic heterocycles. The molecule has 0 aliphatic carbocycles. The number of fused-ring (bicyclic) bond motifs is 1. The number of hydrogen-bond acceptors (Lipinski definition) is 4. The molecule has 0 bridgehead atoms. The van der Waals surface area contributed by atoms with Crippen molar-refractivity contribution in [1.82, 2.24) is 19.9 Å². The van der Waals surface area contributed by atoms with Crippen molar-refractivity contribution in [3.05, 3.63) is 58.5 Å². The molecule has 122 valence electrons. The van der Waals surface area contributed by atoms with Crippen LogP contribution in [0, 0.1) is 0 Å². The van der Waals surface area contributed by atoms with Crippen LogP contribution in [0.1, 0.15) is 24.2 Å². The number of benzene rings is 1. The highest BCUT2D eigenvalue weighted by Gasteiger charge is 2.12. The van der Waals surface area contributed by atoms with E-state index in [9.17, 15) is 9.59 Å². The van der Waals surface area contributed by atoms with E-state index in [2.05, 4.69) is 15.3 Å². The monoisotopic (exact) mass is 322 g/mol. The van der Waals surface area contributed by atoms with E-state index in [4.69, 9.17) is 0 Å². The molecule has 6 heteroatoms. The molecular formula is C18H18N4O2. The second-order valence-electron chi connectivity index (χ2n) is 5.88. The third-order valence-corrected chi connectivity index (χ3v) is 3.66. The summed E-state index contributed by atoms with van der Waals surface area (Å²) in [6.45, 7) is 3.81. The molecule has 1 N–H and O–H groups in total. The van der Waals surface area contributed by atoms with E-state index < -0.39 is 0 Å². The minimum atomic E-state index is -0.222. The zero-order valence-corrected chi connectivity index (χ0v) is 13.8. The van der Waals surface area contributed by atoms with Gasteiger partial charge in [-0.1, -0.05) is 12.1 Å². The summed E-state index contributed by atoms with van der Waals surface area (Å²) < 4.78 is 1.48. The fraction of sp³-hybridized carbons (Fsp3) is 0.222. The zero-order valence-electron chi connectivity index (χ0n) is 13.8. The van der Waals surface area contributed by atoms with E-state index in [-0.39, 0.29) is 17.5 Å². The van der Waals surface area contributed by atoms with Gasteiger partial charge in [0.25, 0.3) is 11.5 Å². The van der Waals surface area contributed by atoms with Gasteiger partial charge < -0.3 is 5.32 Å². The maximum absolute atomic E-state index is 12.5. The van der Waals surface area contributed by atoms with Crippen LogP contribution in [0.3, 0.4) is 0 Å². The smallest absolute Gasteiger partial charge is 0.278 e. The summed E-state index contributed by atoms with van der Waals surface area (Å²) in [5.41, 5.74) is 2.53. The van der Waals surface area contributed by atoms with Crippen molar-refractivity contribution in [1.29, 1.82) is 0 Å². The van der Waals surface area contributed by atoms with Gasteiger partial charge in [-0.3, -0.25) is 14.2 Å².